The van der Waals surface area contributed by atoms with Crippen LogP contribution in [0.5, 0.6) is 0 Å². The molecule has 0 heterocycles. The monoisotopic (exact) mass is 373 g/mol. The van der Waals surface area contributed by atoms with Gasteiger partial charge in [-0.05, 0) is 74.2 Å². The number of nitrogens with one attached hydrogen (secondary N) is 1. The number of thioether (sulfide) groups is 1. The lowest BCUT2D eigenvalue weighted by atomic mass is 9.53. The Bertz CT molecular complexity index is 667. The van der Waals surface area contributed by atoms with E-state index in [9.17, 15) is 9.59 Å². The normalized spacial score (nSPS) is 31.7. The summed E-state index contributed by atoms with van der Waals surface area (Å²) >= 11 is 1.61. The fourth-order valence-electron chi connectivity index (χ4n) is 5.72. The minimum Gasteiger partial charge on any atom is -0.452 e. The minimum atomic E-state index is -0.415. The second-order valence-electron chi connectivity index (χ2n) is 8.25. The van der Waals surface area contributed by atoms with E-state index in [-0.39, 0.29) is 18.1 Å². The van der Waals surface area contributed by atoms with Crippen molar-refractivity contribution in [1.82, 2.24) is 5.32 Å². The first-order valence-corrected chi connectivity index (χ1v) is 10.8. The van der Waals surface area contributed by atoms with E-state index < -0.39 is 5.97 Å². The summed E-state index contributed by atoms with van der Waals surface area (Å²) in [4.78, 5) is 25.8. The molecule has 5 rings (SSSR count). The molecule has 0 spiro atoms. The lowest BCUT2D eigenvalue weighted by Gasteiger charge is -2.56. The zero-order valence-corrected chi connectivity index (χ0v) is 16.1. The highest BCUT2D eigenvalue weighted by Gasteiger charge is 2.51. The topological polar surface area (TPSA) is 55.4 Å². The summed E-state index contributed by atoms with van der Waals surface area (Å²) in [5.41, 5.74) is 0.510. The van der Waals surface area contributed by atoms with Gasteiger partial charge in [-0.1, -0.05) is 19.1 Å². The fourth-order valence-corrected chi connectivity index (χ4v) is 6.51. The van der Waals surface area contributed by atoms with Crippen LogP contribution in [0.15, 0.2) is 29.2 Å². The van der Waals surface area contributed by atoms with E-state index in [1.54, 1.807) is 17.8 Å². The molecule has 0 atom stereocenters. The Morgan fingerprint density at radius 3 is 2.35 bits per heavy atom. The highest BCUT2D eigenvalue weighted by Crippen LogP contribution is 2.55. The van der Waals surface area contributed by atoms with Gasteiger partial charge in [0, 0.05) is 10.4 Å². The van der Waals surface area contributed by atoms with Gasteiger partial charge in [-0.15, -0.1) is 11.8 Å². The molecule has 4 bridgehead atoms. The summed E-state index contributed by atoms with van der Waals surface area (Å²) in [7, 11) is 0. The molecule has 1 aromatic rings. The maximum absolute atomic E-state index is 12.5. The van der Waals surface area contributed by atoms with Crippen LogP contribution in [0.25, 0.3) is 0 Å². The quantitative estimate of drug-likeness (QED) is 0.604. The first-order valence-electron chi connectivity index (χ1n) is 9.77. The molecule has 4 saturated carbocycles. The average Bonchev–Trinajstić information content (AvgIpc) is 2.59. The molecule has 4 nitrogen and oxygen atoms in total. The van der Waals surface area contributed by atoms with Crippen LogP contribution in [0, 0.1) is 17.8 Å². The molecule has 5 heteroatoms. The number of hydrogen-bond donors (Lipinski definition) is 1. The summed E-state index contributed by atoms with van der Waals surface area (Å²) in [6, 6.07) is 7.41. The highest BCUT2D eigenvalue weighted by molar-refractivity contribution is 7.99. The molecule has 0 unspecified atom stereocenters. The molecule has 0 radical (unpaired) electrons. The zero-order chi connectivity index (χ0) is 18.1. The van der Waals surface area contributed by atoms with Gasteiger partial charge >= 0.3 is 5.97 Å². The van der Waals surface area contributed by atoms with Crippen LogP contribution in [0.1, 0.15) is 55.8 Å². The van der Waals surface area contributed by atoms with Gasteiger partial charge < -0.3 is 10.1 Å². The van der Waals surface area contributed by atoms with E-state index >= 15 is 0 Å². The van der Waals surface area contributed by atoms with Crippen molar-refractivity contribution in [3.05, 3.63) is 29.8 Å². The van der Waals surface area contributed by atoms with Crippen LogP contribution in [0.3, 0.4) is 0 Å². The maximum atomic E-state index is 12.5. The Kier molecular flexibility index (Phi) is 5.00. The molecule has 140 valence electrons. The van der Waals surface area contributed by atoms with Gasteiger partial charge in [0.15, 0.2) is 6.61 Å². The number of carbonyl (C=O) groups is 2. The SMILES string of the molecule is CCSc1ccccc1C(=O)OCC(=O)NC12CC3CC(CC(C3)C1)C2. The molecular formula is C21H27NO3S. The van der Waals surface area contributed by atoms with Crippen molar-refractivity contribution in [2.75, 3.05) is 12.4 Å². The molecule has 4 aliphatic rings. The predicted octanol–water partition coefficient (Wildman–Crippen LogP) is 4.04. The van der Waals surface area contributed by atoms with E-state index in [4.69, 9.17) is 4.74 Å². The van der Waals surface area contributed by atoms with Gasteiger partial charge in [0.1, 0.15) is 0 Å². The molecule has 4 fully saturated rings. The van der Waals surface area contributed by atoms with E-state index in [2.05, 4.69) is 5.32 Å². The number of ether oxygens (including phenoxy) is 1. The summed E-state index contributed by atoms with van der Waals surface area (Å²) in [5.74, 6) is 2.66. The number of rotatable bonds is 6. The lowest BCUT2D eigenvalue weighted by molar-refractivity contribution is -0.130. The number of carbonyl (C=O) groups excluding carboxylic acids is 2. The van der Waals surface area contributed by atoms with Crippen molar-refractivity contribution >= 4 is 23.6 Å². The first kappa shape index (κ1) is 17.9. The van der Waals surface area contributed by atoms with E-state index in [0.29, 0.717) is 5.56 Å². The molecular weight excluding hydrogens is 346 g/mol. The third-order valence-electron chi connectivity index (χ3n) is 6.18. The van der Waals surface area contributed by atoms with E-state index in [1.807, 2.05) is 25.1 Å². The van der Waals surface area contributed by atoms with Crippen molar-refractivity contribution in [2.45, 2.75) is 55.9 Å². The van der Waals surface area contributed by atoms with E-state index in [1.165, 1.54) is 19.3 Å². The average molecular weight is 374 g/mol. The first-order chi connectivity index (χ1) is 12.6. The van der Waals surface area contributed by atoms with Crippen LogP contribution >= 0.6 is 11.8 Å². The van der Waals surface area contributed by atoms with Gasteiger partial charge in [0.2, 0.25) is 0 Å². The minimum absolute atomic E-state index is 0.0335. The van der Waals surface area contributed by atoms with Crippen LogP contribution in [0.2, 0.25) is 0 Å². The van der Waals surface area contributed by atoms with Crippen molar-refractivity contribution in [3.63, 3.8) is 0 Å². The van der Waals surface area contributed by atoms with Gasteiger partial charge in [0.05, 0.1) is 5.56 Å². The van der Waals surface area contributed by atoms with Gasteiger partial charge in [-0.3, -0.25) is 4.79 Å². The molecule has 26 heavy (non-hydrogen) atoms. The summed E-state index contributed by atoms with van der Waals surface area (Å²) in [5, 5.41) is 3.25. The Hall–Kier alpha value is -1.49. The molecule has 1 amide bonds. The van der Waals surface area contributed by atoms with Crippen LogP contribution in [-0.4, -0.2) is 29.8 Å². The molecule has 1 aromatic carbocycles. The van der Waals surface area contributed by atoms with Crippen LogP contribution in [-0.2, 0) is 9.53 Å². The van der Waals surface area contributed by atoms with Gasteiger partial charge in [-0.2, -0.15) is 0 Å². The molecule has 4 aliphatic carbocycles. The lowest BCUT2D eigenvalue weighted by Crippen LogP contribution is -2.60. The third-order valence-corrected chi connectivity index (χ3v) is 7.14. The zero-order valence-electron chi connectivity index (χ0n) is 15.3. The maximum Gasteiger partial charge on any atom is 0.339 e. The Morgan fingerprint density at radius 1 is 1.12 bits per heavy atom. The number of amides is 1. The fraction of sp³-hybridized carbons (Fsp3) is 0.619. The van der Waals surface area contributed by atoms with Crippen molar-refractivity contribution < 1.29 is 14.3 Å². The standard InChI is InChI=1S/C21H27NO3S/c1-2-26-18-6-4-3-5-17(18)20(24)25-13-19(23)22-21-10-14-7-15(11-21)9-16(8-14)12-21/h3-6,14-16H,2,7-13H2,1H3,(H,22,23). The molecule has 0 aliphatic heterocycles. The van der Waals surface area contributed by atoms with Crippen molar-refractivity contribution in [1.29, 1.82) is 0 Å². The number of hydrogen-bond acceptors (Lipinski definition) is 4. The molecule has 1 N–H and O–H groups in total. The summed E-state index contributed by atoms with van der Waals surface area (Å²) in [6.07, 6.45) is 7.35. The Balaban J connectivity index is 1.34. The van der Waals surface area contributed by atoms with Crippen molar-refractivity contribution in [2.24, 2.45) is 17.8 Å². The van der Waals surface area contributed by atoms with Crippen LogP contribution in [0.4, 0.5) is 0 Å². The summed E-state index contributed by atoms with van der Waals surface area (Å²) in [6.45, 7) is 1.86. The molecule has 0 saturated heterocycles. The van der Waals surface area contributed by atoms with Crippen molar-refractivity contribution in [3.8, 4) is 0 Å². The molecule has 0 aromatic heterocycles. The highest BCUT2D eigenvalue weighted by atomic mass is 32.2. The smallest absolute Gasteiger partial charge is 0.339 e. The third kappa shape index (κ3) is 3.64. The number of benzene rings is 1. The van der Waals surface area contributed by atoms with Gasteiger partial charge in [-0.25, -0.2) is 4.79 Å². The predicted molar refractivity (Wildman–Crippen MR) is 102 cm³/mol. The summed E-state index contributed by atoms with van der Waals surface area (Å²) < 4.78 is 5.33. The Labute approximate surface area is 159 Å². The largest absolute Gasteiger partial charge is 0.452 e. The number of esters is 1. The van der Waals surface area contributed by atoms with Gasteiger partial charge in [0.25, 0.3) is 5.91 Å². The second-order valence-corrected chi connectivity index (χ2v) is 9.56. The Morgan fingerprint density at radius 2 is 1.73 bits per heavy atom. The second kappa shape index (κ2) is 7.26. The van der Waals surface area contributed by atoms with Crippen LogP contribution < -0.4 is 5.32 Å². The van der Waals surface area contributed by atoms with E-state index in [0.717, 1.165) is 47.7 Å².